The van der Waals surface area contributed by atoms with Crippen LogP contribution in [-0.4, -0.2) is 15.5 Å². The fourth-order valence-electron chi connectivity index (χ4n) is 2.89. The Morgan fingerprint density at radius 1 is 1.33 bits per heavy atom. The Hall–Kier alpha value is -2.04. The maximum Gasteiger partial charge on any atom is 0.271 e. The molecule has 0 amide bonds. The van der Waals surface area contributed by atoms with Gasteiger partial charge in [-0.1, -0.05) is 34.8 Å². The summed E-state index contributed by atoms with van der Waals surface area (Å²) in [5.41, 5.74) is -0.879. The molecule has 27 heavy (non-hydrogen) atoms. The molecule has 0 saturated carbocycles. The van der Waals surface area contributed by atoms with E-state index in [1.807, 2.05) is 0 Å². The van der Waals surface area contributed by atoms with Gasteiger partial charge in [0.1, 0.15) is 11.6 Å². The van der Waals surface area contributed by atoms with E-state index in [0.717, 1.165) is 15.9 Å². The Labute approximate surface area is 172 Å². The highest BCUT2D eigenvalue weighted by Crippen LogP contribution is 2.42. The van der Waals surface area contributed by atoms with Crippen molar-refractivity contribution in [1.82, 2.24) is 4.57 Å². The summed E-state index contributed by atoms with van der Waals surface area (Å²) in [5, 5.41) is 21.1. The van der Waals surface area contributed by atoms with Gasteiger partial charge in [-0.05, 0) is 31.5 Å². The monoisotopic (exact) mass is 440 g/mol. The van der Waals surface area contributed by atoms with Crippen LogP contribution in [0.2, 0.25) is 15.1 Å². The Morgan fingerprint density at radius 2 is 2.00 bits per heavy atom. The molecule has 1 N–H and O–H groups in total. The molecule has 0 radical (unpaired) electrons. The number of thiophene rings is 1. The van der Waals surface area contributed by atoms with Gasteiger partial charge in [0, 0.05) is 21.7 Å². The molecular formula is C18H11Cl3N2O3S. The summed E-state index contributed by atoms with van der Waals surface area (Å²) in [4.78, 5) is 25.6. The van der Waals surface area contributed by atoms with E-state index in [0.29, 0.717) is 20.1 Å². The maximum atomic E-state index is 13.2. The molecule has 5 nitrogen and oxygen atoms in total. The lowest BCUT2D eigenvalue weighted by Crippen LogP contribution is -2.26. The van der Waals surface area contributed by atoms with E-state index in [9.17, 15) is 20.0 Å². The minimum absolute atomic E-state index is 0.0987. The second-order valence-electron chi connectivity index (χ2n) is 5.69. The van der Waals surface area contributed by atoms with Crippen molar-refractivity contribution in [3.63, 3.8) is 0 Å². The van der Waals surface area contributed by atoms with Crippen LogP contribution in [0.3, 0.4) is 0 Å². The second-order valence-corrected chi connectivity index (χ2v) is 7.97. The maximum absolute atomic E-state index is 13.2. The van der Waals surface area contributed by atoms with Crippen LogP contribution in [0.5, 0.6) is 5.88 Å². The first-order valence-electron chi connectivity index (χ1n) is 7.71. The van der Waals surface area contributed by atoms with E-state index in [1.165, 1.54) is 13.0 Å². The summed E-state index contributed by atoms with van der Waals surface area (Å²) in [6.07, 6.45) is 0. The largest absolute Gasteiger partial charge is 0.494 e. The van der Waals surface area contributed by atoms with Crippen LogP contribution in [0.1, 0.15) is 33.3 Å². The second kappa shape index (κ2) is 7.17. The number of ketones is 1. The minimum Gasteiger partial charge on any atom is -0.494 e. The molecule has 2 aromatic heterocycles. The number of hydrogen-bond donors (Lipinski definition) is 1. The van der Waals surface area contributed by atoms with E-state index < -0.39 is 17.2 Å². The SMILES string of the molecule is CCn1c(O)c(C(=O)c2sc3cc(Cl)cc(Cl)c3c2Cl)c(C)c(C#N)c1=O. The van der Waals surface area contributed by atoms with Crippen LogP contribution in [0.25, 0.3) is 10.1 Å². The lowest BCUT2D eigenvalue weighted by atomic mass is 10.0. The Morgan fingerprint density at radius 3 is 2.59 bits per heavy atom. The highest BCUT2D eigenvalue weighted by Gasteiger charge is 2.28. The van der Waals surface area contributed by atoms with Crippen molar-refractivity contribution in [2.45, 2.75) is 20.4 Å². The molecule has 0 aliphatic heterocycles. The normalized spacial score (nSPS) is 11.0. The molecule has 0 fully saturated rings. The summed E-state index contributed by atoms with van der Waals surface area (Å²) in [7, 11) is 0. The zero-order chi connectivity index (χ0) is 20.0. The first-order chi connectivity index (χ1) is 12.7. The third-order valence-corrected chi connectivity index (χ3v) is 6.34. The molecule has 3 rings (SSSR count). The molecular weight excluding hydrogens is 431 g/mol. The number of aromatic hydroxyl groups is 1. The standard InChI is InChI=1S/C18H11Cl3N2O3S/c1-3-23-17(25)9(6-22)7(2)12(18(23)26)15(24)16-14(21)13-10(20)4-8(19)5-11(13)27-16/h4-5,26H,3H2,1-2H3. The van der Waals surface area contributed by atoms with Crippen molar-refractivity contribution in [3.8, 4) is 11.9 Å². The minimum atomic E-state index is -0.649. The van der Waals surface area contributed by atoms with E-state index >= 15 is 0 Å². The molecule has 2 heterocycles. The predicted molar refractivity (Wildman–Crippen MR) is 108 cm³/mol. The van der Waals surface area contributed by atoms with Crippen LogP contribution < -0.4 is 5.56 Å². The molecule has 3 aromatic rings. The van der Waals surface area contributed by atoms with E-state index in [2.05, 4.69) is 0 Å². The average Bonchev–Trinajstić information content (AvgIpc) is 2.92. The van der Waals surface area contributed by atoms with E-state index in [4.69, 9.17) is 34.8 Å². The van der Waals surface area contributed by atoms with Crippen molar-refractivity contribution in [3.05, 3.63) is 59.1 Å². The number of aromatic nitrogens is 1. The van der Waals surface area contributed by atoms with Crippen molar-refractivity contribution in [2.24, 2.45) is 0 Å². The zero-order valence-electron chi connectivity index (χ0n) is 14.1. The van der Waals surface area contributed by atoms with Gasteiger partial charge in [-0.3, -0.25) is 14.2 Å². The highest BCUT2D eigenvalue weighted by atomic mass is 35.5. The van der Waals surface area contributed by atoms with Gasteiger partial charge in [-0.25, -0.2) is 0 Å². The number of fused-ring (bicyclic) bond motifs is 1. The van der Waals surface area contributed by atoms with Crippen LogP contribution in [-0.2, 0) is 6.54 Å². The first kappa shape index (κ1) is 19.7. The summed E-state index contributed by atoms with van der Waals surface area (Å²) < 4.78 is 1.59. The van der Waals surface area contributed by atoms with Gasteiger partial charge in [-0.2, -0.15) is 5.26 Å². The molecule has 0 aliphatic rings. The van der Waals surface area contributed by atoms with Crippen LogP contribution in [0.15, 0.2) is 16.9 Å². The number of rotatable bonds is 3. The molecule has 138 valence electrons. The number of benzene rings is 1. The fourth-order valence-corrected chi connectivity index (χ4v) is 5.21. The Balaban J connectivity index is 2.34. The zero-order valence-corrected chi connectivity index (χ0v) is 17.1. The number of carbonyl (C=O) groups is 1. The number of hydrogen-bond acceptors (Lipinski definition) is 5. The van der Waals surface area contributed by atoms with Gasteiger partial charge in [-0.15, -0.1) is 11.3 Å². The quantitative estimate of drug-likeness (QED) is 0.569. The highest BCUT2D eigenvalue weighted by molar-refractivity contribution is 7.22. The third-order valence-electron chi connectivity index (χ3n) is 4.20. The van der Waals surface area contributed by atoms with Crippen LogP contribution in [0, 0.1) is 18.3 Å². The van der Waals surface area contributed by atoms with Gasteiger partial charge >= 0.3 is 0 Å². The van der Waals surface area contributed by atoms with Crippen molar-refractivity contribution in [2.75, 3.05) is 0 Å². The van der Waals surface area contributed by atoms with Crippen LogP contribution >= 0.6 is 46.1 Å². The first-order valence-corrected chi connectivity index (χ1v) is 9.66. The van der Waals surface area contributed by atoms with Crippen molar-refractivity contribution < 1.29 is 9.90 Å². The Kier molecular flexibility index (Phi) is 5.24. The summed E-state index contributed by atoms with van der Waals surface area (Å²) in [5.74, 6) is -1.09. The summed E-state index contributed by atoms with van der Waals surface area (Å²) >= 11 is 19.7. The predicted octanol–water partition coefficient (Wildman–Crippen LogP) is 5.16. The molecule has 0 aliphatic carbocycles. The van der Waals surface area contributed by atoms with Gasteiger partial charge < -0.3 is 5.11 Å². The van der Waals surface area contributed by atoms with Gasteiger partial charge in [0.05, 0.1) is 20.5 Å². The van der Waals surface area contributed by atoms with Crippen molar-refractivity contribution in [1.29, 1.82) is 5.26 Å². The number of nitriles is 1. The molecule has 0 unspecified atom stereocenters. The lowest BCUT2D eigenvalue weighted by Gasteiger charge is -2.13. The number of pyridine rings is 1. The van der Waals surface area contributed by atoms with Gasteiger partial charge in [0.15, 0.2) is 0 Å². The van der Waals surface area contributed by atoms with Crippen LogP contribution in [0.4, 0.5) is 0 Å². The Bertz CT molecular complexity index is 1220. The van der Waals surface area contributed by atoms with E-state index in [-0.39, 0.29) is 33.1 Å². The topological polar surface area (TPSA) is 83.1 Å². The number of halogens is 3. The number of nitrogens with zero attached hydrogens (tertiary/aromatic N) is 2. The molecule has 9 heteroatoms. The van der Waals surface area contributed by atoms with E-state index in [1.54, 1.807) is 19.1 Å². The molecule has 0 saturated heterocycles. The molecule has 0 atom stereocenters. The molecule has 0 bridgehead atoms. The average molecular weight is 442 g/mol. The molecule has 0 spiro atoms. The fraction of sp³-hybridized carbons (Fsp3) is 0.167. The number of carbonyl (C=O) groups excluding carboxylic acids is 1. The smallest absolute Gasteiger partial charge is 0.271 e. The third kappa shape index (κ3) is 3.01. The van der Waals surface area contributed by atoms with Gasteiger partial charge in [0.25, 0.3) is 5.56 Å². The summed E-state index contributed by atoms with van der Waals surface area (Å²) in [6.45, 7) is 3.17. The van der Waals surface area contributed by atoms with Crippen molar-refractivity contribution >= 4 is 62.0 Å². The lowest BCUT2D eigenvalue weighted by molar-refractivity contribution is 0.103. The molecule has 1 aromatic carbocycles. The summed E-state index contributed by atoms with van der Waals surface area (Å²) in [6, 6.07) is 4.96. The van der Waals surface area contributed by atoms with Gasteiger partial charge in [0.2, 0.25) is 11.7 Å².